The van der Waals surface area contributed by atoms with E-state index in [-0.39, 0.29) is 5.78 Å². The van der Waals surface area contributed by atoms with Gasteiger partial charge in [0.2, 0.25) is 5.78 Å². The number of carbonyl (C=O) groups is 3. The Balaban J connectivity index is 2.42. The Morgan fingerprint density at radius 2 is 1.79 bits per heavy atom. The molecular formula is C14H15NO4. The number of ether oxygens (including phenoxy) is 1. The van der Waals surface area contributed by atoms with Crippen LogP contribution in [0.2, 0.25) is 0 Å². The Bertz CT molecular complexity index is 535. The predicted molar refractivity (Wildman–Crippen MR) is 67.7 cm³/mol. The largest absolute Gasteiger partial charge is 0.497 e. The summed E-state index contributed by atoms with van der Waals surface area (Å²) < 4.78 is 5.06. The number of benzene rings is 1. The molecule has 1 saturated heterocycles. The van der Waals surface area contributed by atoms with Crippen LogP contribution in [0.5, 0.6) is 5.75 Å². The van der Waals surface area contributed by atoms with Crippen molar-refractivity contribution in [3.63, 3.8) is 0 Å². The van der Waals surface area contributed by atoms with Gasteiger partial charge in [-0.05, 0) is 24.6 Å². The van der Waals surface area contributed by atoms with Crippen LogP contribution >= 0.6 is 0 Å². The summed E-state index contributed by atoms with van der Waals surface area (Å²) in [6.07, 6.45) is 0. The van der Waals surface area contributed by atoms with Crippen LogP contribution in [0, 0.1) is 5.92 Å². The van der Waals surface area contributed by atoms with Crippen molar-refractivity contribution in [2.45, 2.75) is 13.0 Å². The fourth-order valence-electron chi connectivity index (χ4n) is 2.42. The number of Topliss-reactive ketones (excluding diaryl/α,β-unsaturated/α-hetero) is 2. The molecule has 5 heteroatoms. The summed E-state index contributed by atoms with van der Waals surface area (Å²) in [6.45, 7) is 1.34. The molecule has 2 unspecified atom stereocenters. The lowest BCUT2D eigenvalue weighted by molar-refractivity contribution is -0.141. The second-order valence-electron chi connectivity index (χ2n) is 4.59. The minimum atomic E-state index is -0.911. The number of rotatable bonds is 3. The van der Waals surface area contributed by atoms with Gasteiger partial charge >= 0.3 is 0 Å². The first-order valence-electron chi connectivity index (χ1n) is 5.92. The van der Waals surface area contributed by atoms with E-state index in [9.17, 15) is 14.4 Å². The van der Waals surface area contributed by atoms with Gasteiger partial charge in [0.25, 0.3) is 5.91 Å². The molecule has 0 bridgehead atoms. The maximum Gasteiger partial charge on any atom is 0.291 e. The third-order valence-corrected chi connectivity index (χ3v) is 3.44. The molecule has 2 rings (SSSR count). The second-order valence-corrected chi connectivity index (χ2v) is 4.59. The van der Waals surface area contributed by atoms with Gasteiger partial charge in [0, 0.05) is 7.05 Å². The van der Waals surface area contributed by atoms with Crippen LogP contribution < -0.4 is 4.74 Å². The second kappa shape index (κ2) is 4.84. The molecule has 0 aliphatic carbocycles. The van der Waals surface area contributed by atoms with E-state index in [1.807, 2.05) is 0 Å². The molecule has 19 heavy (non-hydrogen) atoms. The zero-order valence-electron chi connectivity index (χ0n) is 11.0. The Hall–Kier alpha value is -2.17. The number of methoxy groups -OCH3 is 1. The van der Waals surface area contributed by atoms with Gasteiger partial charge in [-0.3, -0.25) is 14.4 Å². The van der Waals surface area contributed by atoms with E-state index in [1.54, 1.807) is 31.4 Å². The molecule has 1 heterocycles. The Labute approximate surface area is 111 Å². The standard InChI is InChI=1S/C14H15NO4/c1-8(16)11-12(15(2)14(18)13(11)17)9-4-6-10(19-3)7-5-9/h4-7,11-12H,1-3H3. The van der Waals surface area contributed by atoms with Crippen molar-refractivity contribution < 1.29 is 19.1 Å². The summed E-state index contributed by atoms with van der Waals surface area (Å²) in [5.41, 5.74) is 0.753. The zero-order chi connectivity index (χ0) is 14.2. The van der Waals surface area contributed by atoms with Crippen molar-refractivity contribution in [1.29, 1.82) is 0 Å². The average molecular weight is 261 g/mol. The number of ketones is 2. The average Bonchev–Trinajstić information content (AvgIpc) is 2.63. The van der Waals surface area contributed by atoms with Crippen molar-refractivity contribution in [1.82, 2.24) is 4.90 Å². The minimum Gasteiger partial charge on any atom is -0.497 e. The van der Waals surface area contributed by atoms with Crippen molar-refractivity contribution in [3.8, 4) is 5.75 Å². The van der Waals surface area contributed by atoms with Crippen LogP contribution in [0.4, 0.5) is 0 Å². The predicted octanol–water partition coefficient (Wildman–Crippen LogP) is 0.983. The molecule has 0 radical (unpaired) electrons. The third-order valence-electron chi connectivity index (χ3n) is 3.44. The van der Waals surface area contributed by atoms with Crippen molar-refractivity contribution in [3.05, 3.63) is 29.8 Å². The fraction of sp³-hybridized carbons (Fsp3) is 0.357. The quantitative estimate of drug-likeness (QED) is 0.601. The van der Waals surface area contributed by atoms with E-state index in [0.717, 1.165) is 5.56 Å². The molecule has 5 nitrogen and oxygen atoms in total. The van der Waals surface area contributed by atoms with E-state index in [2.05, 4.69) is 0 Å². The van der Waals surface area contributed by atoms with E-state index >= 15 is 0 Å². The first-order chi connectivity index (χ1) is 8.97. The lowest BCUT2D eigenvalue weighted by Crippen LogP contribution is -2.26. The number of likely N-dealkylation sites (N-methyl/N-ethyl adjacent to an activating group) is 1. The minimum absolute atomic E-state index is 0.288. The molecule has 1 fully saturated rings. The number of likely N-dealkylation sites (tertiary alicyclic amines) is 1. The van der Waals surface area contributed by atoms with Gasteiger partial charge in [-0.2, -0.15) is 0 Å². The maximum absolute atomic E-state index is 11.8. The van der Waals surface area contributed by atoms with Gasteiger partial charge in [-0.1, -0.05) is 12.1 Å². The summed E-state index contributed by atoms with van der Waals surface area (Å²) in [7, 11) is 3.10. The Morgan fingerprint density at radius 3 is 2.26 bits per heavy atom. The maximum atomic E-state index is 11.8. The SMILES string of the molecule is COc1ccc(C2C(C(C)=O)C(=O)C(=O)N2C)cc1. The third kappa shape index (κ3) is 2.12. The van der Waals surface area contributed by atoms with Gasteiger partial charge in [-0.25, -0.2) is 0 Å². The number of carbonyl (C=O) groups excluding carboxylic acids is 3. The highest BCUT2D eigenvalue weighted by Gasteiger charge is 2.48. The summed E-state index contributed by atoms with van der Waals surface area (Å²) in [6, 6.07) is 6.49. The van der Waals surface area contributed by atoms with Crippen LogP contribution in [0.15, 0.2) is 24.3 Å². The highest BCUT2D eigenvalue weighted by Crippen LogP contribution is 2.35. The lowest BCUT2D eigenvalue weighted by atomic mass is 9.90. The highest BCUT2D eigenvalue weighted by atomic mass is 16.5. The molecule has 1 aromatic rings. The zero-order valence-corrected chi connectivity index (χ0v) is 11.0. The van der Waals surface area contributed by atoms with Crippen LogP contribution in [0.1, 0.15) is 18.5 Å². The molecule has 0 aromatic heterocycles. The molecule has 1 amide bonds. The first kappa shape index (κ1) is 13.3. The molecule has 0 N–H and O–H groups in total. The number of amides is 1. The topological polar surface area (TPSA) is 63.7 Å². The molecule has 1 aliphatic heterocycles. The van der Waals surface area contributed by atoms with Crippen LogP contribution in [-0.2, 0) is 14.4 Å². The van der Waals surface area contributed by atoms with Gasteiger partial charge in [-0.15, -0.1) is 0 Å². The summed E-state index contributed by atoms with van der Waals surface area (Å²) in [4.78, 5) is 36.5. The van der Waals surface area contributed by atoms with Crippen LogP contribution in [0.25, 0.3) is 0 Å². The first-order valence-corrected chi connectivity index (χ1v) is 5.92. The number of nitrogens with zero attached hydrogens (tertiary/aromatic N) is 1. The summed E-state index contributed by atoms with van der Waals surface area (Å²) in [5.74, 6) is -1.76. The molecular weight excluding hydrogens is 246 g/mol. The molecule has 2 atom stereocenters. The van der Waals surface area contributed by atoms with Crippen molar-refractivity contribution in [2.75, 3.05) is 14.2 Å². The summed E-state index contributed by atoms with van der Waals surface area (Å²) >= 11 is 0. The van der Waals surface area contributed by atoms with Gasteiger partial charge in [0.05, 0.1) is 13.2 Å². The summed E-state index contributed by atoms with van der Waals surface area (Å²) in [5, 5.41) is 0. The molecule has 1 aliphatic rings. The monoisotopic (exact) mass is 261 g/mol. The normalized spacial score (nSPS) is 22.8. The molecule has 0 spiro atoms. The van der Waals surface area contributed by atoms with E-state index in [4.69, 9.17) is 4.74 Å². The highest BCUT2D eigenvalue weighted by molar-refractivity contribution is 6.42. The number of hydrogen-bond acceptors (Lipinski definition) is 4. The van der Waals surface area contributed by atoms with Gasteiger partial charge in [0.1, 0.15) is 17.5 Å². The smallest absolute Gasteiger partial charge is 0.291 e. The molecule has 0 saturated carbocycles. The Kier molecular flexibility index (Phi) is 3.38. The van der Waals surface area contributed by atoms with E-state index in [1.165, 1.54) is 18.9 Å². The van der Waals surface area contributed by atoms with E-state index in [0.29, 0.717) is 5.75 Å². The lowest BCUT2D eigenvalue weighted by Gasteiger charge is -2.22. The van der Waals surface area contributed by atoms with E-state index < -0.39 is 23.7 Å². The van der Waals surface area contributed by atoms with Crippen LogP contribution in [-0.4, -0.2) is 36.5 Å². The van der Waals surface area contributed by atoms with Crippen LogP contribution in [0.3, 0.4) is 0 Å². The van der Waals surface area contributed by atoms with Gasteiger partial charge in [0.15, 0.2) is 0 Å². The molecule has 100 valence electrons. The number of hydrogen-bond donors (Lipinski definition) is 0. The van der Waals surface area contributed by atoms with Crippen molar-refractivity contribution in [2.24, 2.45) is 5.92 Å². The molecule has 1 aromatic carbocycles. The fourth-order valence-corrected chi connectivity index (χ4v) is 2.42. The Morgan fingerprint density at radius 1 is 1.21 bits per heavy atom. The van der Waals surface area contributed by atoms with Crippen molar-refractivity contribution >= 4 is 17.5 Å². The van der Waals surface area contributed by atoms with Gasteiger partial charge < -0.3 is 9.64 Å².